The number of allylic oxidation sites excluding steroid dienone is 2. The van der Waals surface area contributed by atoms with Crippen LogP contribution in [0, 0.1) is 0 Å². The molecular weight excluding hydrogens is 214 g/mol. The van der Waals surface area contributed by atoms with Crippen LogP contribution in [0.5, 0.6) is 0 Å². The molecule has 0 aromatic heterocycles. The fraction of sp³-hybridized carbons (Fsp3) is 0.286. The fourth-order valence-corrected chi connectivity index (χ4v) is 1.30. The molecule has 0 atom stereocenters. The van der Waals surface area contributed by atoms with Crippen molar-refractivity contribution in [2.24, 2.45) is 0 Å². The first-order valence-electron chi connectivity index (χ1n) is 5.07. The highest BCUT2D eigenvalue weighted by Gasteiger charge is 2.08. The molecule has 1 rings (SSSR count). The first kappa shape index (κ1) is 15.1. The van der Waals surface area contributed by atoms with Crippen LogP contribution in [0.25, 0.3) is 0 Å². The number of ketones is 1. The number of benzene rings is 1. The average molecular weight is 233 g/mol. The van der Waals surface area contributed by atoms with Crippen molar-refractivity contribution in [3.05, 3.63) is 42.0 Å². The van der Waals surface area contributed by atoms with E-state index in [0.717, 1.165) is 5.69 Å². The maximum absolute atomic E-state index is 11.6. The Balaban J connectivity index is 0.00000256. The molecule has 0 aliphatic rings. The van der Waals surface area contributed by atoms with Crippen LogP contribution in [0.1, 0.15) is 31.6 Å². The molecule has 17 heavy (non-hydrogen) atoms. The molecule has 0 aliphatic heterocycles. The molecule has 1 amide bonds. The monoisotopic (exact) mass is 233 g/mol. The summed E-state index contributed by atoms with van der Waals surface area (Å²) < 4.78 is 0. The van der Waals surface area contributed by atoms with Gasteiger partial charge in [0.2, 0.25) is 5.91 Å². The second kappa shape index (κ2) is 6.63. The lowest BCUT2D eigenvalue weighted by Gasteiger charge is -2.15. The van der Waals surface area contributed by atoms with Gasteiger partial charge in [0.25, 0.3) is 0 Å². The summed E-state index contributed by atoms with van der Waals surface area (Å²) in [6.07, 6.45) is 3.20. The highest BCUT2D eigenvalue weighted by atomic mass is 16.2. The maximum Gasteiger partial charge on any atom is 0.223 e. The molecule has 1 aromatic carbocycles. The van der Waals surface area contributed by atoms with E-state index in [-0.39, 0.29) is 19.1 Å². The number of nitrogens with zero attached hydrogens (tertiary/aromatic N) is 1. The van der Waals surface area contributed by atoms with Gasteiger partial charge in [-0.2, -0.15) is 0 Å². The van der Waals surface area contributed by atoms with E-state index in [0.29, 0.717) is 5.56 Å². The van der Waals surface area contributed by atoms with E-state index < -0.39 is 0 Å². The van der Waals surface area contributed by atoms with Gasteiger partial charge in [-0.1, -0.05) is 25.6 Å². The molecule has 0 saturated heterocycles. The lowest BCUT2D eigenvalue weighted by Crippen LogP contribution is -2.22. The molecule has 0 saturated carbocycles. The molecule has 0 aliphatic carbocycles. The molecule has 0 radical (unpaired) electrons. The van der Waals surface area contributed by atoms with Crippen LogP contribution in [0.2, 0.25) is 0 Å². The van der Waals surface area contributed by atoms with E-state index in [1.165, 1.54) is 17.9 Å². The molecule has 0 unspecified atom stereocenters. The predicted octanol–water partition coefficient (Wildman–Crippen LogP) is 3.06. The summed E-state index contributed by atoms with van der Waals surface area (Å²) in [5, 5.41) is 0. The van der Waals surface area contributed by atoms with Gasteiger partial charge in [-0.05, 0) is 25.1 Å². The minimum atomic E-state index is -0.0596. The van der Waals surface area contributed by atoms with Crippen molar-refractivity contribution in [2.45, 2.75) is 21.3 Å². The summed E-state index contributed by atoms with van der Waals surface area (Å²) >= 11 is 0. The second-order valence-electron chi connectivity index (χ2n) is 3.49. The normalized spacial score (nSPS) is 9.82. The number of hydrogen-bond donors (Lipinski definition) is 0. The van der Waals surface area contributed by atoms with Crippen LogP contribution in [0.4, 0.5) is 5.69 Å². The van der Waals surface area contributed by atoms with Gasteiger partial charge in [0, 0.05) is 25.2 Å². The van der Waals surface area contributed by atoms with Gasteiger partial charge in [0.15, 0.2) is 5.78 Å². The van der Waals surface area contributed by atoms with Crippen molar-refractivity contribution in [3.8, 4) is 0 Å². The van der Waals surface area contributed by atoms with Gasteiger partial charge >= 0.3 is 0 Å². The van der Waals surface area contributed by atoms with Crippen molar-refractivity contribution in [3.63, 3.8) is 0 Å². The van der Waals surface area contributed by atoms with Crippen molar-refractivity contribution in [1.29, 1.82) is 0 Å². The van der Waals surface area contributed by atoms with Crippen molar-refractivity contribution in [1.82, 2.24) is 0 Å². The molecule has 0 spiro atoms. The zero-order valence-corrected chi connectivity index (χ0v) is 9.73. The second-order valence-corrected chi connectivity index (χ2v) is 3.49. The topological polar surface area (TPSA) is 37.4 Å². The zero-order valence-electron chi connectivity index (χ0n) is 9.73. The zero-order chi connectivity index (χ0) is 12.1. The van der Waals surface area contributed by atoms with Crippen molar-refractivity contribution >= 4 is 17.4 Å². The minimum absolute atomic E-state index is 0. The van der Waals surface area contributed by atoms with E-state index in [1.54, 1.807) is 44.3 Å². The van der Waals surface area contributed by atoms with E-state index in [2.05, 4.69) is 0 Å². The third kappa shape index (κ3) is 3.87. The summed E-state index contributed by atoms with van der Waals surface area (Å²) in [6.45, 7) is 3.28. The van der Waals surface area contributed by atoms with Crippen molar-refractivity contribution < 1.29 is 9.59 Å². The van der Waals surface area contributed by atoms with E-state index in [4.69, 9.17) is 0 Å². The lowest BCUT2D eigenvalue weighted by molar-refractivity contribution is -0.116. The molecule has 0 heterocycles. The highest BCUT2D eigenvalue weighted by molar-refractivity contribution is 6.05. The Morgan fingerprint density at radius 3 is 2.47 bits per heavy atom. The first-order valence-corrected chi connectivity index (χ1v) is 5.07. The molecule has 0 fully saturated rings. The standard InChI is InChI=1S/C13H15NO2.CH4/c1-4-6-13(16)11-7-5-8-12(9-11)14(3)10(2)15;/h4-9H,1-3H3;1H4/b6-4+;. The van der Waals surface area contributed by atoms with Crippen LogP contribution in [0.3, 0.4) is 0 Å². The minimum Gasteiger partial charge on any atom is -0.316 e. The molecule has 3 nitrogen and oxygen atoms in total. The SMILES string of the molecule is C.C/C=C/C(=O)c1cccc(N(C)C(C)=O)c1. The number of amides is 1. The van der Waals surface area contributed by atoms with Gasteiger partial charge in [-0.25, -0.2) is 0 Å². The van der Waals surface area contributed by atoms with E-state index >= 15 is 0 Å². The summed E-state index contributed by atoms with van der Waals surface area (Å²) in [5.74, 6) is -0.114. The Labute approximate surface area is 103 Å². The first-order chi connectivity index (χ1) is 7.56. The number of carbonyl (C=O) groups excluding carboxylic acids is 2. The molecular formula is C14H19NO2. The summed E-state index contributed by atoms with van der Waals surface area (Å²) in [4.78, 5) is 24.3. The molecule has 1 aromatic rings. The van der Waals surface area contributed by atoms with Crippen LogP contribution >= 0.6 is 0 Å². The smallest absolute Gasteiger partial charge is 0.223 e. The van der Waals surface area contributed by atoms with Crippen LogP contribution < -0.4 is 4.90 Å². The van der Waals surface area contributed by atoms with Gasteiger partial charge in [0.1, 0.15) is 0 Å². The molecule has 3 heteroatoms. The molecule has 0 N–H and O–H groups in total. The third-order valence-electron chi connectivity index (χ3n) is 2.31. The van der Waals surface area contributed by atoms with Gasteiger partial charge in [-0.15, -0.1) is 0 Å². The fourth-order valence-electron chi connectivity index (χ4n) is 1.30. The maximum atomic E-state index is 11.6. The Hall–Kier alpha value is -1.90. The molecule has 92 valence electrons. The van der Waals surface area contributed by atoms with Gasteiger partial charge < -0.3 is 4.90 Å². The number of rotatable bonds is 3. The van der Waals surface area contributed by atoms with Gasteiger partial charge in [-0.3, -0.25) is 9.59 Å². The lowest BCUT2D eigenvalue weighted by atomic mass is 10.1. The Bertz CT molecular complexity index is 436. The largest absolute Gasteiger partial charge is 0.316 e. The highest BCUT2D eigenvalue weighted by Crippen LogP contribution is 2.15. The quantitative estimate of drug-likeness (QED) is 0.594. The summed E-state index contributed by atoms with van der Waals surface area (Å²) in [5.41, 5.74) is 1.31. The Morgan fingerprint density at radius 1 is 1.29 bits per heavy atom. The van der Waals surface area contributed by atoms with E-state index in [1.807, 2.05) is 0 Å². The van der Waals surface area contributed by atoms with Crippen LogP contribution in [-0.2, 0) is 4.79 Å². The summed E-state index contributed by atoms with van der Waals surface area (Å²) in [6, 6.07) is 7.02. The van der Waals surface area contributed by atoms with Crippen molar-refractivity contribution in [2.75, 3.05) is 11.9 Å². The van der Waals surface area contributed by atoms with Crippen LogP contribution in [-0.4, -0.2) is 18.7 Å². The predicted molar refractivity (Wildman–Crippen MR) is 71.4 cm³/mol. The summed E-state index contributed by atoms with van der Waals surface area (Å²) in [7, 11) is 1.68. The number of hydrogen-bond acceptors (Lipinski definition) is 2. The Morgan fingerprint density at radius 2 is 1.94 bits per heavy atom. The number of anilines is 1. The molecule has 0 bridgehead atoms. The van der Waals surface area contributed by atoms with E-state index in [9.17, 15) is 9.59 Å². The Kier molecular flexibility index (Phi) is 5.89. The number of carbonyl (C=O) groups is 2. The van der Waals surface area contributed by atoms with Crippen LogP contribution in [0.15, 0.2) is 36.4 Å². The van der Waals surface area contributed by atoms with Gasteiger partial charge in [0.05, 0.1) is 0 Å². The third-order valence-corrected chi connectivity index (χ3v) is 2.31. The average Bonchev–Trinajstić information content (AvgIpc) is 2.28.